The Hall–Kier alpha value is -1.15. The van der Waals surface area contributed by atoms with Gasteiger partial charge in [0, 0.05) is 5.92 Å². The molecule has 0 spiro atoms. The molecule has 1 aromatic carbocycles. The SMILES string of the molecule is CC.CCc1nc(C2CCCC2)c(-c2ccc(C)cc2)s1. The number of nitrogens with zero attached hydrogens (tertiary/aromatic N) is 1. The zero-order chi connectivity index (χ0) is 15.2. The van der Waals surface area contributed by atoms with E-state index in [1.807, 2.05) is 25.2 Å². The number of benzene rings is 1. The van der Waals surface area contributed by atoms with Crippen molar-refractivity contribution in [1.82, 2.24) is 4.98 Å². The molecular weight excluding hydrogens is 274 g/mol. The zero-order valence-electron chi connectivity index (χ0n) is 13.8. The van der Waals surface area contributed by atoms with Gasteiger partial charge in [-0.2, -0.15) is 0 Å². The highest BCUT2D eigenvalue weighted by molar-refractivity contribution is 7.15. The van der Waals surface area contributed by atoms with Crippen molar-refractivity contribution >= 4 is 11.3 Å². The van der Waals surface area contributed by atoms with Crippen LogP contribution in [0.1, 0.15) is 68.6 Å². The second-order valence-corrected chi connectivity index (χ2v) is 6.61. The van der Waals surface area contributed by atoms with Gasteiger partial charge in [-0.05, 0) is 31.7 Å². The quantitative estimate of drug-likeness (QED) is 0.642. The number of rotatable bonds is 3. The van der Waals surface area contributed by atoms with Crippen LogP contribution in [0.4, 0.5) is 0 Å². The molecule has 1 aliphatic rings. The summed E-state index contributed by atoms with van der Waals surface area (Å²) in [5, 5.41) is 1.29. The lowest BCUT2D eigenvalue weighted by Crippen LogP contribution is -1.95. The largest absolute Gasteiger partial charge is 0.245 e. The second-order valence-electron chi connectivity index (χ2n) is 5.52. The fourth-order valence-electron chi connectivity index (χ4n) is 2.92. The molecule has 0 saturated heterocycles. The van der Waals surface area contributed by atoms with Crippen LogP contribution in [-0.4, -0.2) is 4.98 Å². The molecule has 0 aliphatic heterocycles. The maximum atomic E-state index is 4.93. The predicted molar refractivity (Wildman–Crippen MR) is 94.2 cm³/mol. The van der Waals surface area contributed by atoms with E-state index in [0.29, 0.717) is 5.92 Å². The van der Waals surface area contributed by atoms with Gasteiger partial charge in [-0.15, -0.1) is 11.3 Å². The van der Waals surface area contributed by atoms with Gasteiger partial charge in [-0.1, -0.05) is 63.4 Å². The highest BCUT2D eigenvalue weighted by Gasteiger charge is 2.24. The van der Waals surface area contributed by atoms with Crippen molar-refractivity contribution in [2.24, 2.45) is 0 Å². The van der Waals surface area contributed by atoms with E-state index in [4.69, 9.17) is 4.98 Å². The highest BCUT2D eigenvalue weighted by Crippen LogP contribution is 2.41. The summed E-state index contributed by atoms with van der Waals surface area (Å²) >= 11 is 1.89. The normalized spacial score (nSPS) is 14.9. The third kappa shape index (κ3) is 3.74. The summed E-state index contributed by atoms with van der Waals surface area (Å²) < 4.78 is 0. The van der Waals surface area contributed by atoms with Crippen LogP contribution in [0.2, 0.25) is 0 Å². The Bertz CT molecular complexity index is 547. The Morgan fingerprint density at radius 3 is 2.29 bits per heavy atom. The van der Waals surface area contributed by atoms with E-state index in [2.05, 4.69) is 38.1 Å². The second kappa shape index (κ2) is 7.74. The number of hydrogen-bond donors (Lipinski definition) is 0. The number of aryl methyl sites for hydroxylation is 2. The van der Waals surface area contributed by atoms with Crippen molar-refractivity contribution in [3.8, 4) is 10.4 Å². The standard InChI is InChI=1S/C17H21NS.C2H6/c1-3-15-18-16(13-6-4-5-7-13)17(19-15)14-10-8-12(2)9-11-14;1-2/h8-11,13H,3-7H2,1-2H3;1-2H3. The van der Waals surface area contributed by atoms with Crippen molar-refractivity contribution < 1.29 is 0 Å². The van der Waals surface area contributed by atoms with Crippen molar-refractivity contribution in [3.05, 3.63) is 40.5 Å². The summed E-state index contributed by atoms with van der Waals surface area (Å²) in [6.45, 7) is 8.35. The lowest BCUT2D eigenvalue weighted by molar-refractivity contribution is 0.701. The molecule has 1 nitrogen and oxygen atoms in total. The molecule has 0 unspecified atom stereocenters. The van der Waals surface area contributed by atoms with Crippen LogP contribution in [0.5, 0.6) is 0 Å². The number of hydrogen-bond acceptors (Lipinski definition) is 2. The van der Waals surface area contributed by atoms with Crippen LogP contribution >= 0.6 is 11.3 Å². The van der Waals surface area contributed by atoms with Crippen molar-refractivity contribution in [2.45, 2.75) is 65.7 Å². The maximum Gasteiger partial charge on any atom is 0.0932 e. The lowest BCUT2D eigenvalue weighted by atomic mass is 10.00. The van der Waals surface area contributed by atoms with Gasteiger partial charge in [0.15, 0.2) is 0 Å². The van der Waals surface area contributed by atoms with Crippen LogP contribution in [0.15, 0.2) is 24.3 Å². The first kappa shape index (κ1) is 16.2. The van der Waals surface area contributed by atoms with E-state index in [9.17, 15) is 0 Å². The lowest BCUT2D eigenvalue weighted by Gasteiger charge is -2.09. The number of thiazole rings is 1. The Labute approximate surface area is 133 Å². The minimum Gasteiger partial charge on any atom is -0.245 e. The summed E-state index contributed by atoms with van der Waals surface area (Å²) in [7, 11) is 0. The summed E-state index contributed by atoms with van der Waals surface area (Å²) in [5.41, 5.74) is 4.05. The van der Waals surface area contributed by atoms with Crippen molar-refractivity contribution in [3.63, 3.8) is 0 Å². The molecular formula is C19H27NS. The van der Waals surface area contributed by atoms with Crippen molar-refractivity contribution in [2.75, 3.05) is 0 Å². The molecule has 0 atom stereocenters. The van der Waals surface area contributed by atoms with Crippen molar-refractivity contribution in [1.29, 1.82) is 0 Å². The highest BCUT2D eigenvalue weighted by atomic mass is 32.1. The average Bonchev–Trinajstić information content (AvgIpc) is 3.19. The van der Waals surface area contributed by atoms with E-state index in [-0.39, 0.29) is 0 Å². The Morgan fingerprint density at radius 1 is 1.10 bits per heavy atom. The fourth-order valence-corrected chi connectivity index (χ4v) is 4.01. The molecule has 3 rings (SSSR count). The van der Waals surface area contributed by atoms with E-state index in [1.54, 1.807) is 0 Å². The maximum absolute atomic E-state index is 4.93. The number of aromatic nitrogens is 1. The minimum absolute atomic E-state index is 0.702. The van der Waals surface area contributed by atoms with Crippen LogP contribution in [0.3, 0.4) is 0 Å². The monoisotopic (exact) mass is 301 g/mol. The molecule has 0 N–H and O–H groups in total. The van der Waals surface area contributed by atoms with Gasteiger partial charge < -0.3 is 0 Å². The molecule has 0 radical (unpaired) electrons. The molecule has 1 aromatic heterocycles. The molecule has 114 valence electrons. The van der Waals surface area contributed by atoms with Crippen LogP contribution in [-0.2, 0) is 6.42 Å². The van der Waals surface area contributed by atoms with E-state index in [1.165, 1.54) is 52.4 Å². The molecule has 1 fully saturated rings. The summed E-state index contributed by atoms with van der Waals surface area (Å²) in [6.07, 6.45) is 6.45. The Kier molecular flexibility index (Phi) is 5.98. The summed E-state index contributed by atoms with van der Waals surface area (Å²) in [6, 6.07) is 8.92. The van der Waals surface area contributed by atoms with E-state index < -0.39 is 0 Å². The van der Waals surface area contributed by atoms with E-state index >= 15 is 0 Å². The topological polar surface area (TPSA) is 12.9 Å². The van der Waals surface area contributed by atoms with Gasteiger partial charge in [-0.25, -0.2) is 4.98 Å². The van der Waals surface area contributed by atoms with Crippen LogP contribution in [0.25, 0.3) is 10.4 Å². The first-order valence-electron chi connectivity index (χ1n) is 8.34. The third-order valence-corrected chi connectivity index (χ3v) is 5.32. The molecule has 0 bridgehead atoms. The van der Waals surface area contributed by atoms with Gasteiger partial charge in [0.2, 0.25) is 0 Å². The van der Waals surface area contributed by atoms with Gasteiger partial charge in [0.1, 0.15) is 0 Å². The first-order valence-corrected chi connectivity index (χ1v) is 9.16. The minimum atomic E-state index is 0.702. The van der Waals surface area contributed by atoms with Gasteiger partial charge in [0.05, 0.1) is 15.6 Å². The fraction of sp³-hybridized carbons (Fsp3) is 0.526. The first-order chi connectivity index (χ1) is 10.3. The Balaban J connectivity index is 0.000000774. The summed E-state index contributed by atoms with van der Waals surface area (Å²) in [5.74, 6) is 0.702. The molecule has 1 saturated carbocycles. The molecule has 2 aromatic rings. The average molecular weight is 301 g/mol. The van der Waals surface area contributed by atoms with Gasteiger partial charge >= 0.3 is 0 Å². The van der Waals surface area contributed by atoms with Crippen LogP contribution in [0, 0.1) is 6.92 Å². The Morgan fingerprint density at radius 2 is 1.71 bits per heavy atom. The molecule has 1 heterocycles. The molecule has 1 aliphatic carbocycles. The summed E-state index contributed by atoms with van der Waals surface area (Å²) in [4.78, 5) is 6.35. The van der Waals surface area contributed by atoms with Gasteiger partial charge in [-0.3, -0.25) is 0 Å². The molecule has 0 amide bonds. The van der Waals surface area contributed by atoms with Gasteiger partial charge in [0.25, 0.3) is 0 Å². The molecule has 21 heavy (non-hydrogen) atoms. The third-order valence-electron chi connectivity index (χ3n) is 4.06. The van der Waals surface area contributed by atoms with E-state index in [0.717, 1.165) is 6.42 Å². The zero-order valence-corrected chi connectivity index (χ0v) is 14.6. The molecule has 2 heteroatoms. The van der Waals surface area contributed by atoms with Crippen LogP contribution < -0.4 is 0 Å². The predicted octanol–water partition coefficient (Wildman–Crippen LogP) is 6.36. The smallest absolute Gasteiger partial charge is 0.0932 e.